The predicted octanol–water partition coefficient (Wildman–Crippen LogP) is 7.96. The molecule has 0 spiro atoms. The molecule has 0 aromatic heterocycles. The molecule has 14 heteroatoms. The second-order valence-electron chi connectivity index (χ2n) is 21.9. The number of carbonyl (C=O) groups is 4. The van der Waals surface area contributed by atoms with Crippen LogP contribution in [-0.4, -0.2) is 139 Å². The summed E-state index contributed by atoms with van der Waals surface area (Å²) >= 11 is 0. The number of aliphatic hydroxyl groups is 3. The SMILES string of the molecule is C=C1[C@H](C)C[C@H](C)/C=C/C=C/C=C(\C)C(OCC2CCOCC2)C[C@@H]2CC[C@@H](C)[C@@](O)(O2)C(=O)C(=O)N2CCCCC2C(=O)O[C@H]([C@H](C)C[C@@H]2CC[C@@H](O)[C@H](OC)C2)CC(=O)[C@H](C)/C=C(\C)[C@@H](O)[C@H]1OC. The Morgan fingerprint density at radius 2 is 1.59 bits per heavy atom. The maximum absolute atomic E-state index is 14.5. The Balaban J connectivity index is 1.48. The van der Waals surface area contributed by atoms with Crippen molar-refractivity contribution >= 4 is 23.4 Å². The minimum absolute atomic E-state index is 0.00578. The van der Waals surface area contributed by atoms with Crippen LogP contribution in [0.2, 0.25) is 0 Å². The van der Waals surface area contributed by atoms with Crippen molar-refractivity contribution in [2.24, 2.45) is 41.4 Å². The molecular formula is C57H89NO13. The first-order chi connectivity index (χ1) is 33.8. The number of Topliss-reactive ketones (excluding diaryl/α,β-unsaturated/α-hetero) is 2. The van der Waals surface area contributed by atoms with E-state index in [2.05, 4.69) is 26.5 Å². The number of piperidine rings is 1. The molecule has 2 unspecified atom stereocenters. The predicted molar refractivity (Wildman–Crippen MR) is 272 cm³/mol. The molecule has 4 fully saturated rings. The lowest BCUT2D eigenvalue weighted by Crippen LogP contribution is -2.61. The van der Waals surface area contributed by atoms with Gasteiger partial charge in [0.05, 0.1) is 31.0 Å². The highest BCUT2D eigenvalue weighted by atomic mass is 16.6. The van der Waals surface area contributed by atoms with Gasteiger partial charge in [0, 0.05) is 58.7 Å². The van der Waals surface area contributed by atoms with Crippen molar-refractivity contribution in [1.29, 1.82) is 0 Å². The van der Waals surface area contributed by atoms with Gasteiger partial charge in [-0.05, 0) is 137 Å². The van der Waals surface area contributed by atoms with Gasteiger partial charge in [-0.25, -0.2) is 4.79 Å². The maximum Gasteiger partial charge on any atom is 0.329 e. The fraction of sp³-hybridized carbons (Fsp3) is 0.754. The molecule has 0 aromatic rings. The average molecular weight is 996 g/mol. The Bertz CT molecular complexity index is 1900. The number of ketones is 2. The summed E-state index contributed by atoms with van der Waals surface area (Å²) in [4.78, 5) is 58.9. The molecule has 5 aliphatic rings. The highest BCUT2D eigenvalue weighted by Gasteiger charge is 2.53. The summed E-state index contributed by atoms with van der Waals surface area (Å²) in [5, 5.41) is 34.4. The van der Waals surface area contributed by atoms with Gasteiger partial charge in [-0.3, -0.25) is 14.4 Å². The second-order valence-corrected chi connectivity index (χ2v) is 21.9. The van der Waals surface area contributed by atoms with Gasteiger partial charge in [0.1, 0.15) is 30.1 Å². The molecule has 1 amide bonds. The van der Waals surface area contributed by atoms with E-state index < -0.39 is 77.9 Å². The van der Waals surface area contributed by atoms with Crippen molar-refractivity contribution in [3.8, 4) is 0 Å². The summed E-state index contributed by atoms with van der Waals surface area (Å²) in [7, 11) is 3.13. The van der Waals surface area contributed by atoms with Gasteiger partial charge in [-0.15, -0.1) is 0 Å². The largest absolute Gasteiger partial charge is 0.460 e. The molecule has 1 saturated carbocycles. The topological polar surface area (TPSA) is 188 Å². The molecule has 3 N–H and O–H groups in total. The molecule has 71 heavy (non-hydrogen) atoms. The zero-order chi connectivity index (χ0) is 52.0. The number of cyclic esters (lactones) is 1. The van der Waals surface area contributed by atoms with Crippen molar-refractivity contribution in [1.82, 2.24) is 4.90 Å². The van der Waals surface area contributed by atoms with Crippen LogP contribution in [-0.2, 0) is 47.6 Å². The summed E-state index contributed by atoms with van der Waals surface area (Å²) in [6.45, 7) is 19.7. The number of aliphatic hydroxyl groups excluding tert-OH is 2. The number of fused-ring (bicyclic) bond motifs is 3. The maximum atomic E-state index is 14.5. The van der Waals surface area contributed by atoms with Gasteiger partial charge >= 0.3 is 5.97 Å². The molecular weight excluding hydrogens is 907 g/mol. The van der Waals surface area contributed by atoms with E-state index >= 15 is 0 Å². The fourth-order valence-electron chi connectivity index (χ4n) is 11.3. The molecule has 15 atom stereocenters. The third kappa shape index (κ3) is 16.1. The van der Waals surface area contributed by atoms with Crippen LogP contribution >= 0.6 is 0 Å². The Hall–Kier alpha value is -3.34. The number of carbonyl (C=O) groups excluding carboxylic acids is 4. The van der Waals surface area contributed by atoms with E-state index in [1.54, 1.807) is 41.1 Å². The first-order valence-electron chi connectivity index (χ1n) is 26.8. The van der Waals surface area contributed by atoms with E-state index in [9.17, 15) is 34.5 Å². The van der Waals surface area contributed by atoms with Gasteiger partial charge in [0.25, 0.3) is 11.7 Å². The normalized spacial score (nSPS) is 39.6. The Kier molecular flexibility index (Phi) is 22.9. The molecule has 4 aliphatic heterocycles. The lowest BCUT2D eigenvalue weighted by molar-refractivity contribution is -0.266. The third-order valence-corrected chi connectivity index (χ3v) is 16.3. The lowest BCUT2D eigenvalue weighted by Gasteiger charge is -2.43. The number of ether oxygens (including phenoxy) is 6. The van der Waals surface area contributed by atoms with Gasteiger partial charge in [-0.1, -0.05) is 77.7 Å². The Morgan fingerprint density at radius 3 is 2.30 bits per heavy atom. The fourth-order valence-corrected chi connectivity index (χ4v) is 11.3. The second kappa shape index (κ2) is 27.8. The summed E-state index contributed by atoms with van der Waals surface area (Å²) < 4.78 is 36.3. The minimum atomic E-state index is -2.43. The number of methoxy groups -OCH3 is 2. The van der Waals surface area contributed by atoms with Crippen molar-refractivity contribution in [3.05, 3.63) is 59.8 Å². The van der Waals surface area contributed by atoms with Crippen molar-refractivity contribution < 1.29 is 62.9 Å². The molecule has 3 saturated heterocycles. The van der Waals surface area contributed by atoms with Gasteiger partial charge in [-0.2, -0.15) is 0 Å². The van der Waals surface area contributed by atoms with Crippen LogP contribution < -0.4 is 0 Å². The summed E-state index contributed by atoms with van der Waals surface area (Å²) in [5.41, 5.74) is 2.24. The Morgan fingerprint density at radius 1 is 0.859 bits per heavy atom. The molecule has 14 nitrogen and oxygen atoms in total. The zero-order valence-corrected chi connectivity index (χ0v) is 44.4. The summed E-state index contributed by atoms with van der Waals surface area (Å²) in [6, 6.07) is -1.13. The summed E-state index contributed by atoms with van der Waals surface area (Å²) in [5.74, 6) is -6.53. The first kappa shape index (κ1) is 58.5. The minimum Gasteiger partial charge on any atom is -0.460 e. The standard InChI is InChI=1S/C57H89NO13/c1-35-16-12-11-13-17-36(2)49(69-34-43-23-26-68-27-24-43)32-45-21-19-41(7)57(65,71-45)54(62)55(63)58-25-15-14-18-46(58)56(64)70-50(39(5)30-44-20-22-47(59)51(31-44)66-9)33-48(60)38(4)29-40(6)52(61)53(67-10)42(8)37(3)28-35/h11-13,16-17,29,35,37-39,41,43-47,49-53,59,61,65H,8,14-15,18-28,30-34H2,1-7,9-10H3/b13-11+,16-12+,36-17+,40-29+/t35-,37-,38-,39-,41-,44+,45+,46?,47-,49?,50+,51-,52-,53+,57-/m1/s1. The van der Waals surface area contributed by atoms with Crippen LogP contribution in [0, 0.1) is 41.4 Å². The number of esters is 1. The summed E-state index contributed by atoms with van der Waals surface area (Å²) in [6.07, 6.45) is 14.8. The number of hydrogen-bond acceptors (Lipinski definition) is 13. The number of rotatable bonds is 8. The van der Waals surface area contributed by atoms with Crippen molar-refractivity contribution in [3.63, 3.8) is 0 Å². The van der Waals surface area contributed by atoms with Crippen LogP contribution in [0.1, 0.15) is 138 Å². The van der Waals surface area contributed by atoms with Crippen LogP contribution in [0.4, 0.5) is 0 Å². The van der Waals surface area contributed by atoms with Crippen LogP contribution in [0.25, 0.3) is 0 Å². The molecule has 400 valence electrons. The van der Waals surface area contributed by atoms with E-state index in [1.807, 2.05) is 38.2 Å². The highest BCUT2D eigenvalue weighted by molar-refractivity contribution is 6.39. The van der Waals surface area contributed by atoms with Crippen LogP contribution in [0.15, 0.2) is 59.8 Å². The van der Waals surface area contributed by atoms with Crippen molar-refractivity contribution in [2.45, 2.75) is 193 Å². The molecule has 1 aliphatic carbocycles. The molecule has 2 bridgehead atoms. The number of hydrogen-bond donors (Lipinski definition) is 3. The third-order valence-electron chi connectivity index (χ3n) is 16.3. The smallest absolute Gasteiger partial charge is 0.329 e. The molecule has 5 rings (SSSR count). The van der Waals surface area contributed by atoms with Crippen LogP contribution in [0.5, 0.6) is 0 Å². The van der Waals surface area contributed by atoms with E-state index in [0.717, 1.165) is 36.8 Å². The van der Waals surface area contributed by atoms with Crippen molar-refractivity contribution in [2.75, 3.05) is 40.6 Å². The van der Waals surface area contributed by atoms with E-state index in [4.69, 9.17) is 28.4 Å². The van der Waals surface area contributed by atoms with Crippen LogP contribution in [0.3, 0.4) is 0 Å². The number of allylic oxidation sites excluding steroid dienone is 6. The molecule has 4 heterocycles. The van der Waals surface area contributed by atoms with Gasteiger partial charge in [0.2, 0.25) is 5.79 Å². The quantitative estimate of drug-likeness (QED) is 0.121. The Labute approximate surface area is 424 Å². The molecule has 0 aromatic carbocycles. The highest BCUT2D eigenvalue weighted by Crippen LogP contribution is 2.38. The zero-order valence-electron chi connectivity index (χ0n) is 44.4. The van der Waals surface area contributed by atoms with E-state index in [1.165, 1.54) is 4.90 Å². The lowest BCUT2D eigenvalue weighted by atomic mass is 9.78. The first-order valence-corrected chi connectivity index (χ1v) is 26.8. The van der Waals surface area contributed by atoms with E-state index in [0.29, 0.717) is 82.7 Å². The van der Waals surface area contributed by atoms with Gasteiger partial charge in [0.15, 0.2) is 0 Å². The number of nitrogens with zero attached hydrogens (tertiary/aromatic N) is 1. The average Bonchev–Trinajstić information content (AvgIpc) is 3.35. The van der Waals surface area contributed by atoms with Gasteiger partial charge < -0.3 is 48.6 Å². The molecule has 0 radical (unpaired) electrons. The number of amides is 1. The van der Waals surface area contributed by atoms with E-state index in [-0.39, 0.29) is 54.9 Å². The monoisotopic (exact) mass is 996 g/mol.